The van der Waals surface area contributed by atoms with Crippen LogP contribution in [0.15, 0.2) is 144 Å². The van der Waals surface area contributed by atoms with Crippen LogP contribution >= 0.6 is 23.1 Å². The van der Waals surface area contributed by atoms with Crippen LogP contribution in [0.3, 0.4) is 0 Å². The Hall–Kier alpha value is -4.44. The van der Waals surface area contributed by atoms with Crippen molar-refractivity contribution < 1.29 is 4.74 Å². The molecule has 0 amide bonds. The van der Waals surface area contributed by atoms with Crippen molar-refractivity contribution in [3.63, 3.8) is 0 Å². The minimum Gasteiger partial charge on any atom is -0.497 e. The van der Waals surface area contributed by atoms with Gasteiger partial charge in [-0.2, -0.15) is 0 Å². The van der Waals surface area contributed by atoms with E-state index in [-0.39, 0.29) is 0 Å². The molecule has 1 aliphatic rings. The molecule has 41 heavy (non-hydrogen) atoms. The third-order valence-corrected chi connectivity index (χ3v) is 9.63. The number of methoxy groups -OCH3 is 1. The van der Waals surface area contributed by atoms with E-state index in [2.05, 4.69) is 146 Å². The average Bonchev–Trinajstić information content (AvgIpc) is 3.05. The van der Waals surface area contributed by atoms with Crippen LogP contribution < -0.4 is 4.74 Å². The van der Waals surface area contributed by atoms with Crippen LogP contribution in [0.1, 0.15) is 16.0 Å². The fourth-order valence-corrected chi connectivity index (χ4v) is 7.70. The molecule has 0 spiro atoms. The second kappa shape index (κ2) is 11.2. The molecule has 0 N–H and O–H groups in total. The number of hydrogen-bond acceptors (Lipinski definition) is 2. The summed E-state index contributed by atoms with van der Waals surface area (Å²) >= 11 is 3.70. The maximum Gasteiger partial charge on any atom is 0.240 e. The summed E-state index contributed by atoms with van der Waals surface area (Å²) in [5.41, 5.74) is 8.60. The number of fused-ring (bicyclic) bond motifs is 2. The molecule has 0 radical (unpaired) electrons. The van der Waals surface area contributed by atoms with Gasteiger partial charge in [0.25, 0.3) is 0 Å². The van der Waals surface area contributed by atoms with Crippen LogP contribution in [0.4, 0.5) is 0 Å². The molecule has 5 aromatic carbocycles. The lowest BCUT2D eigenvalue weighted by molar-refractivity contribution is 0.415. The van der Waals surface area contributed by atoms with Gasteiger partial charge in [-0.3, -0.25) is 0 Å². The van der Waals surface area contributed by atoms with E-state index in [0.717, 1.165) is 5.75 Å². The minimum atomic E-state index is 0.857. The summed E-state index contributed by atoms with van der Waals surface area (Å²) in [5.74, 6) is 0.857. The Balaban J connectivity index is 1.54. The van der Waals surface area contributed by atoms with E-state index < -0.39 is 0 Å². The second-order valence-corrected chi connectivity index (χ2v) is 12.0. The van der Waals surface area contributed by atoms with Crippen molar-refractivity contribution in [1.29, 1.82) is 0 Å². The Labute approximate surface area is 249 Å². The molecule has 6 aromatic rings. The minimum absolute atomic E-state index is 0.857. The number of hydrogen-bond donors (Lipinski definition) is 0. The Bertz CT molecular complexity index is 1920. The zero-order valence-corrected chi connectivity index (χ0v) is 24.2. The fourth-order valence-electron chi connectivity index (χ4n) is 5.41. The van der Waals surface area contributed by atoms with Gasteiger partial charge in [0.1, 0.15) is 5.75 Å². The van der Waals surface area contributed by atoms with Gasteiger partial charge in [0.2, 0.25) is 20.9 Å². The molecule has 3 heteroatoms. The normalized spacial score (nSPS) is 13.6. The highest BCUT2D eigenvalue weighted by Crippen LogP contribution is 2.48. The van der Waals surface area contributed by atoms with Crippen LogP contribution in [0, 0.1) is 0 Å². The summed E-state index contributed by atoms with van der Waals surface area (Å²) in [6.07, 6.45) is 4.75. The molecular weight excluding hydrogens is 537 g/mol. The van der Waals surface area contributed by atoms with Crippen molar-refractivity contribution in [2.75, 3.05) is 7.11 Å². The third kappa shape index (κ3) is 4.99. The second-order valence-electron chi connectivity index (χ2n) is 9.88. The maximum absolute atomic E-state index is 5.50. The Kier molecular flexibility index (Phi) is 6.98. The van der Waals surface area contributed by atoms with E-state index in [4.69, 9.17) is 4.74 Å². The molecule has 0 atom stereocenters. The number of allylic oxidation sites excluding steroid dienone is 2. The first kappa shape index (κ1) is 25.5. The molecule has 0 aliphatic carbocycles. The molecule has 0 bridgehead atoms. The lowest BCUT2D eigenvalue weighted by Crippen LogP contribution is -1.95. The maximum atomic E-state index is 5.50. The third-order valence-electron chi connectivity index (χ3n) is 7.36. The van der Waals surface area contributed by atoms with Crippen molar-refractivity contribution in [3.8, 4) is 28.0 Å². The molecule has 0 unspecified atom stereocenters. The first-order valence-corrected chi connectivity index (χ1v) is 15.3. The Morgan fingerprint density at radius 2 is 1.24 bits per heavy atom. The van der Waals surface area contributed by atoms with Gasteiger partial charge in [-0.05, 0) is 58.2 Å². The number of benzene rings is 5. The van der Waals surface area contributed by atoms with Crippen LogP contribution in [-0.4, -0.2) is 7.11 Å². The Morgan fingerprint density at radius 3 is 2.00 bits per heavy atom. The number of thioether (sulfide) groups is 1. The SMILES string of the molecule is COc1ccc(-c2c(-c3ccccc3)c(C=C3C=C(c4ccccc4)Sc4ccccc43)[s+]c3ccccc23)cc1. The topological polar surface area (TPSA) is 9.23 Å². The average molecular weight is 564 g/mol. The predicted octanol–water partition coefficient (Wildman–Crippen LogP) is 11.2. The zero-order valence-electron chi connectivity index (χ0n) is 22.6. The van der Waals surface area contributed by atoms with Gasteiger partial charge in [-0.25, -0.2) is 0 Å². The van der Waals surface area contributed by atoms with Crippen LogP contribution in [0.5, 0.6) is 5.75 Å². The first-order chi connectivity index (χ1) is 20.3. The smallest absolute Gasteiger partial charge is 0.240 e. The summed E-state index contributed by atoms with van der Waals surface area (Å²) < 4.78 is 6.76. The molecule has 1 nitrogen and oxygen atoms in total. The van der Waals surface area contributed by atoms with Crippen LogP contribution in [-0.2, 0) is 0 Å². The number of ether oxygens (including phenoxy) is 1. The standard InChI is InChI=1S/C38H27OS2/c1-39-30-22-20-28(21-23-30)37-32-17-9-11-19-34(32)41-36(38(37)27-14-6-3-7-15-27)25-29-24-35(26-12-4-2-5-13-26)40-33-18-10-8-16-31(29)33/h2-25H,1H3/q+1. The van der Waals surface area contributed by atoms with E-state index in [1.54, 1.807) is 7.11 Å². The van der Waals surface area contributed by atoms with Gasteiger partial charge in [0, 0.05) is 32.9 Å². The number of rotatable bonds is 5. The van der Waals surface area contributed by atoms with E-state index >= 15 is 0 Å². The highest BCUT2D eigenvalue weighted by atomic mass is 32.2. The molecule has 2 heterocycles. The van der Waals surface area contributed by atoms with E-state index in [1.165, 1.54) is 63.7 Å². The summed E-state index contributed by atoms with van der Waals surface area (Å²) in [4.78, 5) is 3.78. The van der Waals surface area contributed by atoms with Crippen molar-refractivity contribution in [3.05, 3.63) is 156 Å². The van der Waals surface area contributed by atoms with Gasteiger partial charge in [0.05, 0.1) is 12.7 Å². The van der Waals surface area contributed by atoms with Crippen molar-refractivity contribution in [2.24, 2.45) is 0 Å². The van der Waals surface area contributed by atoms with Gasteiger partial charge < -0.3 is 4.74 Å². The molecule has 1 aromatic heterocycles. The highest BCUT2D eigenvalue weighted by molar-refractivity contribution is 8.08. The van der Waals surface area contributed by atoms with E-state index in [1.807, 2.05) is 23.1 Å². The monoisotopic (exact) mass is 563 g/mol. The molecule has 7 rings (SSSR count). The van der Waals surface area contributed by atoms with E-state index in [9.17, 15) is 0 Å². The van der Waals surface area contributed by atoms with Crippen molar-refractivity contribution in [1.82, 2.24) is 0 Å². The molecule has 196 valence electrons. The lowest BCUT2D eigenvalue weighted by atomic mass is 9.91. The lowest BCUT2D eigenvalue weighted by Gasteiger charge is -2.19. The van der Waals surface area contributed by atoms with Crippen LogP contribution in [0.2, 0.25) is 0 Å². The van der Waals surface area contributed by atoms with Crippen molar-refractivity contribution in [2.45, 2.75) is 4.90 Å². The Morgan fingerprint density at radius 1 is 0.610 bits per heavy atom. The summed E-state index contributed by atoms with van der Waals surface area (Å²) in [6.45, 7) is 0. The quantitative estimate of drug-likeness (QED) is 0.193. The summed E-state index contributed by atoms with van der Waals surface area (Å²) in [5, 5.41) is 1.25. The molecule has 0 fully saturated rings. The predicted molar refractivity (Wildman–Crippen MR) is 178 cm³/mol. The zero-order chi connectivity index (χ0) is 27.6. The summed E-state index contributed by atoms with van der Waals surface area (Å²) in [6, 6.07) is 47.4. The van der Waals surface area contributed by atoms with Crippen LogP contribution in [0.25, 0.3) is 48.9 Å². The van der Waals surface area contributed by atoms with E-state index in [0.29, 0.717) is 0 Å². The molecule has 0 saturated carbocycles. The van der Waals surface area contributed by atoms with Gasteiger partial charge in [-0.1, -0.05) is 115 Å². The molecule has 1 aliphatic heterocycles. The van der Waals surface area contributed by atoms with Gasteiger partial charge >= 0.3 is 0 Å². The van der Waals surface area contributed by atoms with Gasteiger partial charge in [0.15, 0.2) is 0 Å². The first-order valence-electron chi connectivity index (χ1n) is 13.6. The van der Waals surface area contributed by atoms with Gasteiger partial charge in [-0.15, -0.1) is 0 Å². The largest absolute Gasteiger partial charge is 0.497 e. The highest BCUT2D eigenvalue weighted by Gasteiger charge is 2.26. The molecular formula is C38H27OS2+. The molecule has 0 saturated heterocycles. The fraction of sp³-hybridized carbons (Fsp3) is 0.0263. The van der Waals surface area contributed by atoms with Crippen molar-refractivity contribution >= 4 is 49.7 Å². The summed E-state index contributed by atoms with van der Waals surface area (Å²) in [7, 11) is 1.71.